The van der Waals surface area contributed by atoms with Gasteiger partial charge in [0.15, 0.2) is 6.10 Å². The number of phosphoric acid groups is 1. The molecule has 0 spiro atoms. The van der Waals surface area contributed by atoms with Gasteiger partial charge in [0, 0.05) is 12.8 Å². The van der Waals surface area contributed by atoms with Crippen molar-refractivity contribution in [3.05, 3.63) is 48.6 Å². The van der Waals surface area contributed by atoms with Gasteiger partial charge in [0.25, 0.3) is 0 Å². The van der Waals surface area contributed by atoms with Crippen LogP contribution < -0.4 is 5.73 Å². The number of phosphoric ester groups is 1. The number of hydrogen-bond donors (Lipinski definition) is 3. The zero-order valence-electron chi connectivity index (χ0n) is 35.0. The highest BCUT2D eigenvalue weighted by molar-refractivity contribution is 7.47. The molecule has 0 fully saturated rings. The van der Waals surface area contributed by atoms with Crippen LogP contribution in [-0.2, 0) is 37.5 Å². The first-order chi connectivity index (χ1) is 27.1. The van der Waals surface area contributed by atoms with Gasteiger partial charge in [-0.1, -0.05) is 140 Å². The number of esters is 2. The maximum atomic E-state index is 12.6. The molecule has 0 aliphatic rings. The molecule has 0 aromatic carbocycles. The van der Waals surface area contributed by atoms with E-state index in [1.165, 1.54) is 57.8 Å². The number of carboxylic acid groups (broad SMARTS) is 1. The van der Waals surface area contributed by atoms with Crippen molar-refractivity contribution in [1.29, 1.82) is 0 Å². The molecule has 0 aromatic rings. The van der Waals surface area contributed by atoms with Crippen molar-refractivity contribution in [2.24, 2.45) is 5.73 Å². The number of ether oxygens (including phenoxy) is 2. The maximum absolute atomic E-state index is 12.6. The Labute approximate surface area is 339 Å². The number of rotatable bonds is 40. The van der Waals surface area contributed by atoms with Gasteiger partial charge in [0.1, 0.15) is 12.6 Å². The molecule has 0 aliphatic heterocycles. The molecule has 0 bridgehead atoms. The van der Waals surface area contributed by atoms with Gasteiger partial charge in [-0.05, 0) is 77.0 Å². The van der Waals surface area contributed by atoms with Crippen LogP contribution in [0, 0.1) is 0 Å². The van der Waals surface area contributed by atoms with Gasteiger partial charge in [-0.25, -0.2) is 4.57 Å². The fourth-order valence-corrected chi connectivity index (χ4v) is 6.37. The van der Waals surface area contributed by atoms with Crippen molar-refractivity contribution in [1.82, 2.24) is 0 Å². The molecule has 56 heavy (non-hydrogen) atoms. The Morgan fingerprint density at radius 1 is 0.554 bits per heavy atom. The Hall–Kier alpha value is -2.56. The lowest BCUT2D eigenvalue weighted by Gasteiger charge is -2.20. The summed E-state index contributed by atoms with van der Waals surface area (Å²) in [7, 11) is -4.72. The van der Waals surface area contributed by atoms with E-state index in [4.69, 9.17) is 24.8 Å². The summed E-state index contributed by atoms with van der Waals surface area (Å²) < 4.78 is 32.7. The molecule has 0 saturated carbocycles. The highest BCUT2D eigenvalue weighted by atomic mass is 31.2. The maximum Gasteiger partial charge on any atom is 0.472 e. The smallest absolute Gasteiger partial charge is 0.472 e. The van der Waals surface area contributed by atoms with Gasteiger partial charge in [0.2, 0.25) is 0 Å². The van der Waals surface area contributed by atoms with Crippen LogP contribution >= 0.6 is 7.82 Å². The largest absolute Gasteiger partial charge is 0.480 e. The summed E-state index contributed by atoms with van der Waals surface area (Å²) in [6.45, 7) is 2.72. The minimum atomic E-state index is -4.72. The second-order valence-electron chi connectivity index (χ2n) is 14.5. The number of carboxylic acids is 1. The summed E-state index contributed by atoms with van der Waals surface area (Å²) in [5.41, 5.74) is 5.33. The molecule has 0 saturated heterocycles. The molecule has 0 aromatic heterocycles. The number of aliphatic carboxylic acids is 1. The number of nitrogens with two attached hydrogens (primary N) is 1. The van der Waals surface area contributed by atoms with Gasteiger partial charge >= 0.3 is 25.7 Å². The number of allylic oxidation sites excluding steroid dienone is 8. The molecule has 324 valence electrons. The van der Waals surface area contributed by atoms with E-state index >= 15 is 0 Å². The predicted molar refractivity (Wildman–Crippen MR) is 226 cm³/mol. The second kappa shape index (κ2) is 39.3. The standard InChI is InChI=1S/C44H78NO10P/c1-3-5-7-9-11-13-15-17-19-20-22-24-26-28-30-32-34-36-43(47)55-40(38-53-56(50,51)54-39-41(45)44(48)49)37-52-42(46)35-33-31-29-27-25-23-21-18-16-14-12-10-8-6-4-2/h11-14,17-19,21,40-41H,3-10,15-16,20,22-39,45H2,1-2H3,(H,48,49)(H,50,51)/b13-11-,14-12-,19-17-,21-18-. The summed E-state index contributed by atoms with van der Waals surface area (Å²) in [5.74, 6) is -2.41. The Balaban J connectivity index is 4.41. The fraction of sp³-hybridized carbons (Fsp3) is 0.750. The molecular weight excluding hydrogens is 733 g/mol. The number of carbonyl (C=O) groups excluding carboxylic acids is 2. The van der Waals surface area contributed by atoms with E-state index in [1.54, 1.807) is 0 Å². The number of carbonyl (C=O) groups is 3. The van der Waals surface area contributed by atoms with E-state index in [2.05, 4.69) is 67.0 Å². The van der Waals surface area contributed by atoms with Crippen LogP contribution in [0.25, 0.3) is 0 Å². The van der Waals surface area contributed by atoms with Crippen LogP contribution in [0.2, 0.25) is 0 Å². The van der Waals surface area contributed by atoms with Crippen LogP contribution in [0.3, 0.4) is 0 Å². The summed E-state index contributed by atoms with van der Waals surface area (Å²) in [5, 5.41) is 8.89. The Bertz CT molecular complexity index is 1140. The SMILES string of the molecule is CCCCC/C=C\C/C=C\CCCCCCCCCC(=O)OC(COC(=O)CCCCCCC/C=C\C/C=C\CCCCC)COP(=O)(O)OCC(N)C(=O)O. The second-order valence-corrected chi connectivity index (χ2v) is 15.9. The van der Waals surface area contributed by atoms with Crippen molar-refractivity contribution in [3.63, 3.8) is 0 Å². The fourth-order valence-electron chi connectivity index (χ4n) is 5.59. The van der Waals surface area contributed by atoms with Crippen molar-refractivity contribution >= 4 is 25.7 Å². The van der Waals surface area contributed by atoms with Crippen molar-refractivity contribution in [2.45, 2.75) is 193 Å². The zero-order chi connectivity index (χ0) is 41.4. The van der Waals surface area contributed by atoms with Gasteiger partial charge in [-0.3, -0.25) is 23.4 Å². The van der Waals surface area contributed by atoms with Gasteiger partial charge in [-0.15, -0.1) is 0 Å². The molecule has 0 radical (unpaired) electrons. The van der Waals surface area contributed by atoms with E-state index in [0.29, 0.717) is 12.8 Å². The minimum absolute atomic E-state index is 0.148. The summed E-state index contributed by atoms with van der Waals surface area (Å²) in [6.07, 6.45) is 43.1. The lowest BCUT2D eigenvalue weighted by molar-refractivity contribution is -0.161. The lowest BCUT2D eigenvalue weighted by Crippen LogP contribution is -2.34. The van der Waals surface area contributed by atoms with E-state index < -0.39 is 51.1 Å². The quantitative estimate of drug-likeness (QED) is 0.0233. The molecule has 0 amide bonds. The molecule has 3 unspecified atom stereocenters. The van der Waals surface area contributed by atoms with Crippen molar-refractivity contribution in [2.75, 3.05) is 19.8 Å². The van der Waals surface area contributed by atoms with Crippen LogP contribution in [0.4, 0.5) is 0 Å². The molecule has 11 nitrogen and oxygen atoms in total. The summed E-state index contributed by atoms with van der Waals surface area (Å²) in [4.78, 5) is 45.9. The Morgan fingerprint density at radius 2 is 0.946 bits per heavy atom. The van der Waals surface area contributed by atoms with Gasteiger partial charge < -0.3 is 25.2 Å². The molecule has 3 atom stereocenters. The molecule has 12 heteroatoms. The third-order valence-electron chi connectivity index (χ3n) is 9.05. The van der Waals surface area contributed by atoms with E-state index in [9.17, 15) is 23.8 Å². The summed E-state index contributed by atoms with van der Waals surface area (Å²) in [6, 6.07) is -1.53. The number of unbranched alkanes of at least 4 members (excludes halogenated alkanes) is 18. The predicted octanol–water partition coefficient (Wildman–Crippen LogP) is 11.4. The molecular formula is C44H78NO10P. The van der Waals surface area contributed by atoms with Crippen molar-refractivity contribution < 1.29 is 47.5 Å². The third kappa shape index (κ3) is 38.3. The van der Waals surface area contributed by atoms with Gasteiger partial charge in [0.05, 0.1) is 13.2 Å². The third-order valence-corrected chi connectivity index (χ3v) is 10.0. The van der Waals surface area contributed by atoms with Crippen LogP contribution in [0.15, 0.2) is 48.6 Å². The van der Waals surface area contributed by atoms with E-state index in [1.807, 2.05) is 0 Å². The minimum Gasteiger partial charge on any atom is -0.480 e. The number of hydrogen-bond acceptors (Lipinski definition) is 9. The summed E-state index contributed by atoms with van der Waals surface area (Å²) >= 11 is 0. The lowest BCUT2D eigenvalue weighted by atomic mass is 10.1. The van der Waals surface area contributed by atoms with Gasteiger partial charge in [-0.2, -0.15) is 0 Å². The van der Waals surface area contributed by atoms with Crippen LogP contribution in [0.1, 0.15) is 181 Å². The normalized spacial score (nSPS) is 14.2. The Kier molecular flexibility index (Phi) is 37.5. The molecule has 0 aliphatic carbocycles. The first-order valence-corrected chi connectivity index (χ1v) is 23.2. The first-order valence-electron chi connectivity index (χ1n) is 21.7. The monoisotopic (exact) mass is 812 g/mol. The van der Waals surface area contributed by atoms with Crippen LogP contribution in [0.5, 0.6) is 0 Å². The van der Waals surface area contributed by atoms with Crippen LogP contribution in [-0.4, -0.2) is 59.9 Å². The average Bonchev–Trinajstić information content (AvgIpc) is 3.17. The average molecular weight is 812 g/mol. The van der Waals surface area contributed by atoms with E-state index in [-0.39, 0.29) is 19.4 Å². The molecule has 0 rings (SSSR count). The molecule has 4 N–H and O–H groups in total. The highest BCUT2D eigenvalue weighted by Gasteiger charge is 2.28. The zero-order valence-corrected chi connectivity index (χ0v) is 35.9. The van der Waals surface area contributed by atoms with Crippen molar-refractivity contribution in [3.8, 4) is 0 Å². The topological polar surface area (TPSA) is 172 Å². The van der Waals surface area contributed by atoms with E-state index in [0.717, 1.165) is 83.5 Å². The molecule has 0 heterocycles. The Morgan fingerprint density at radius 3 is 1.39 bits per heavy atom. The first kappa shape index (κ1) is 53.4. The highest BCUT2D eigenvalue weighted by Crippen LogP contribution is 2.43.